The van der Waals surface area contributed by atoms with E-state index < -0.39 is 26.7 Å². The summed E-state index contributed by atoms with van der Waals surface area (Å²) in [5.41, 5.74) is -0.457. The summed E-state index contributed by atoms with van der Waals surface area (Å²) in [6.07, 6.45) is 0. The molecule has 0 heterocycles. The van der Waals surface area contributed by atoms with E-state index >= 15 is 0 Å². The lowest BCUT2D eigenvalue weighted by Gasteiger charge is -2.11. The number of hydrogen-bond donors (Lipinski definition) is 1. The van der Waals surface area contributed by atoms with E-state index in [0.29, 0.717) is 0 Å². The number of alkyl halides is 1. The lowest BCUT2D eigenvalue weighted by molar-refractivity contribution is -0.387. The van der Waals surface area contributed by atoms with Gasteiger partial charge in [-0.25, -0.2) is 13.1 Å². The van der Waals surface area contributed by atoms with Crippen molar-refractivity contribution in [1.29, 1.82) is 0 Å². The van der Waals surface area contributed by atoms with Gasteiger partial charge in [0.1, 0.15) is 0 Å². The lowest BCUT2D eigenvalue weighted by atomic mass is 10.3. The third-order valence-electron chi connectivity index (χ3n) is 1.94. The molecular weight excluding hydrogens is 268 g/mol. The molecule has 17 heavy (non-hydrogen) atoms. The van der Waals surface area contributed by atoms with Crippen LogP contribution in [0.15, 0.2) is 29.2 Å². The van der Waals surface area contributed by atoms with E-state index in [1.807, 2.05) is 0 Å². The van der Waals surface area contributed by atoms with Gasteiger partial charge in [0.05, 0.1) is 4.92 Å². The van der Waals surface area contributed by atoms with Gasteiger partial charge in [0.25, 0.3) is 5.69 Å². The number of hydrogen-bond acceptors (Lipinski definition) is 4. The maximum Gasteiger partial charge on any atom is 0.289 e. The van der Waals surface area contributed by atoms with Crippen LogP contribution in [0.2, 0.25) is 0 Å². The van der Waals surface area contributed by atoms with Crippen LogP contribution in [-0.4, -0.2) is 25.3 Å². The SMILES string of the molecule is CC(CCl)NS(=O)(=O)c1ccccc1[N+](=O)[O-]. The first-order valence-electron chi connectivity index (χ1n) is 4.70. The van der Waals surface area contributed by atoms with Crippen LogP contribution in [0.5, 0.6) is 0 Å². The molecule has 8 heteroatoms. The molecule has 0 saturated carbocycles. The number of nitrogens with zero attached hydrogens (tertiary/aromatic N) is 1. The molecule has 1 aromatic rings. The van der Waals surface area contributed by atoms with Gasteiger partial charge in [0.2, 0.25) is 10.0 Å². The van der Waals surface area contributed by atoms with E-state index in [-0.39, 0.29) is 10.8 Å². The van der Waals surface area contributed by atoms with E-state index in [9.17, 15) is 18.5 Å². The minimum Gasteiger partial charge on any atom is -0.258 e. The summed E-state index contributed by atoms with van der Waals surface area (Å²) >= 11 is 5.49. The highest BCUT2D eigenvalue weighted by Gasteiger charge is 2.25. The highest BCUT2D eigenvalue weighted by molar-refractivity contribution is 7.89. The number of para-hydroxylation sites is 1. The molecule has 1 aromatic carbocycles. The molecule has 1 N–H and O–H groups in total. The second-order valence-electron chi connectivity index (χ2n) is 3.40. The monoisotopic (exact) mass is 278 g/mol. The maximum absolute atomic E-state index is 11.9. The number of benzene rings is 1. The van der Waals surface area contributed by atoms with Crippen molar-refractivity contribution >= 4 is 27.3 Å². The minimum atomic E-state index is -3.92. The first-order chi connectivity index (χ1) is 7.88. The molecule has 1 rings (SSSR count). The molecule has 0 amide bonds. The van der Waals surface area contributed by atoms with Crippen molar-refractivity contribution in [3.63, 3.8) is 0 Å². The number of halogens is 1. The zero-order valence-corrected chi connectivity index (χ0v) is 10.5. The van der Waals surface area contributed by atoms with Gasteiger partial charge in [-0.2, -0.15) is 0 Å². The standard InChI is InChI=1S/C9H11ClN2O4S/c1-7(6-10)11-17(15,16)9-5-3-2-4-8(9)12(13)14/h2-5,7,11H,6H2,1H3. The fourth-order valence-electron chi connectivity index (χ4n) is 1.20. The number of rotatable bonds is 5. The van der Waals surface area contributed by atoms with Crippen LogP contribution in [-0.2, 0) is 10.0 Å². The second-order valence-corrected chi connectivity index (χ2v) is 5.39. The summed E-state index contributed by atoms with van der Waals surface area (Å²) in [5.74, 6) is 0.0832. The normalized spacial score (nSPS) is 13.3. The van der Waals surface area contributed by atoms with E-state index in [4.69, 9.17) is 11.6 Å². The van der Waals surface area contributed by atoms with Crippen molar-refractivity contribution in [2.24, 2.45) is 0 Å². The molecule has 1 atom stereocenters. The first kappa shape index (κ1) is 13.9. The third kappa shape index (κ3) is 3.39. The van der Waals surface area contributed by atoms with Crippen LogP contribution in [0.3, 0.4) is 0 Å². The van der Waals surface area contributed by atoms with Crippen molar-refractivity contribution in [1.82, 2.24) is 4.72 Å². The summed E-state index contributed by atoms with van der Waals surface area (Å²) < 4.78 is 26.0. The van der Waals surface area contributed by atoms with Crippen LogP contribution in [0.1, 0.15) is 6.92 Å². The Bertz CT molecular complexity index is 517. The topological polar surface area (TPSA) is 89.3 Å². The molecule has 0 spiro atoms. The number of nitro benzene ring substituents is 1. The number of sulfonamides is 1. The van der Waals surface area contributed by atoms with Crippen LogP contribution in [0.4, 0.5) is 5.69 Å². The zero-order chi connectivity index (χ0) is 13.1. The Balaban J connectivity index is 3.20. The summed E-state index contributed by atoms with van der Waals surface area (Å²) in [6.45, 7) is 1.57. The predicted molar refractivity (Wildman–Crippen MR) is 63.6 cm³/mol. The van der Waals surface area contributed by atoms with Gasteiger partial charge in [-0.15, -0.1) is 11.6 Å². The van der Waals surface area contributed by atoms with Crippen LogP contribution < -0.4 is 4.72 Å². The first-order valence-corrected chi connectivity index (χ1v) is 6.72. The van der Waals surface area contributed by atoms with Gasteiger partial charge in [-0.1, -0.05) is 12.1 Å². The molecule has 0 bridgehead atoms. The van der Waals surface area contributed by atoms with E-state index in [0.717, 1.165) is 6.07 Å². The Morgan fingerprint density at radius 2 is 2.06 bits per heavy atom. The molecule has 1 unspecified atom stereocenters. The van der Waals surface area contributed by atoms with E-state index in [1.54, 1.807) is 6.92 Å². The summed E-state index contributed by atoms with van der Waals surface area (Å²) in [5, 5.41) is 10.7. The van der Waals surface area contributed by atoms with Crippen molar-refractivity contribution in [3.05, 3.63) is 34.4 Å². The summed E-state index contributed by atoms with van der Waals surface area (Å²) in [7, 11) is -3.92. The van der Waals surface area contributed by atoms with Crippen molar-refractivity contribution in [2.45, 2.75) is 17.9 Å². The highest BCUT2D eigenvalue weighted by atomic mass is 35.5. The van der Waals surface area contributed by atoms with Gasteiger partial charge < -0.3 is 0 Å². The van der Waals surface area contributed by atoms with Gasteiger partial charge in [0, 0.05) is 18.0 Å². The van der Waals surface area contributed by atoms with Gasteiger partial charge >= 0.3 is 0 Å². The number of nitro groups is 1. The molecule has 0 aliphatic rings. The molecule has 0 aliphatic heterocycles. The largest absolute Gasteiger partial charge is 0.289 e. The molecular formula is C9H11ClN2O4S. The molecule has 0 radical (unpaired) electrons. The van der Waals surface area contributed by atoms with Gasteiger partial charge in [-0.3, -0.25) is 10.1 Å². The van der Waals surface area contributed by atoms with Crippen LogP contribution >= 0.6 is 11.6 Å². The smallest absolute Gasteiger partial charge is 0.258 e. The Labute approximate surface area is 104 Å². The average molecular weight is 279 g/mol. The quantitative estimate of drug-likeness (QED) is 0.502. The van der Waals surface area contributed by atoms with Gasteiger partial charge in [0.15, 0.2) is 4.90 Å². The Morgan fingerprint density at radius 1 is 1.47 bits per heavy atom. The summed E-state index contributed by atoms with van der Waals surface area (Å²) in [6, 6.07) is 4.65. The van der Waals surface area contributed by atoms with Crippen molar-refractivity contribution in [3.8, 4) is 0 Å². The molecule has 6 nitrogen and oxygen atoms in total. The molecule has 94 valence electrons. The van der Waals surface area contributed by atoms with Crippen molar-refractivity contribution in [2.75, 3.05) is 5.88 Å². The average Bonchev–Trinajstić information content (AvgIpc) is 2.28. The van der Waals surface area contributed by atoms with Crippen molar-refractivity contribution < 1.29 is 13.3 Å². The summed E-state index contributed by atoms with van der Waals surface area (Å²) in [4.78, 5) is 9.62. The Morgan fingerprint density at radius 3 is 2.59 bits per heavy atom. The zero-order valence-electron chi connectivity index (χ0n) is 8.96. The van der Waals surface area contributed by atoms with Gasteiger partial charge in [-0.05, 0) is 13.0 Å². The fourth-order valence-corrected chi connectivity index (χ4v) is 2.78. The maximum atomic E-state index is 11.9. The fraction of sp³-hybridized carbons (Fsp3) is 0.333. The molecule has 0 saturated heterocycles. The Hall–Kier alpha value is -1.18. The lowest BCUT2D eigenvalue weighted by Crippen LogP contribution is -2.34. The highest BCUT2D eigenvalue weighted by Crippen LogP contribution is 2.22. The predicted octanol–water partition coefficient (Wildman–Crippen LogP) is 1.50. The van der Waals surface area contributed by atoms with E-state index in [1.165, 1.54) is 18.2 Å². The second kappa shape index (κ2) is 5.44. The molecule has 0 aliphatic carbocycles. The van der Waals surface area contributed by atoms with Crippen LogP contribution in [0, 0.1) is 10.1 Å². The Kier molecular flexibility index (Phi) is 4.44. The molecule has 0 aromatic heterocycles. The number of nitrogens with one attached hydrogen (secondary N) is 1. The third-order valence-corrected chi connectivity index (χ3v) is 4.04. The van der Waals surface area contributed by atoms with Crippen LogP contribution in [0.25, 0.3) is 0 Å². The minimum absolute atomic E-state index is 0.0832. The molecule has 0 fully saturated rings. The van der Waals surface area contributed by atoms with E-state index in [2.05, 4.69) is 4.72 Å².